The van der Waals surface area contributed by atoms with E-state index in [0.29, 0.717) is 22.3 Å². The molecule has 0 saturated heterocycles. The van der Waals surface area contributed by atoms with Crippen LogP contribution < -0.4 is 5.73 Å². The van der Waals surface area contributed by atoms with Gasteiger partial charge in [-0.05, 0) is 31.2 Å². The van der Waals surface area contributed by atoms with Crippen molar-refractivity contribution in [1.29, 1.82) is 0 Å². The van der Waals surface area contributed by atoms with E-state index < -0.39 is 0 Å². The monoisotopic (exact) mass is 176 g/mol. The lowest BCUT2D eigenvalue weighted by atomic mass is 10.2. The molecule has 2 aromatic rings. The number of nitrogens with zero attached hydrogens (tertiary/aromatic N) is 1. The van der Waals surface area contributed by atoms with Crippen molar-refractivity contribution < 1.29 is 4.39 Å². The first-order valence-electron chi connectivity index (χ1n) is 3.99. The molecule has 2 rings (SSSR count). The Hall–Kier alpha value is -1.64. The molecule has 0 unspecified atom stereocenters. The molecule has 0 amide bonds. The zero-order valence-electron chi connectivity index (χ0n) is 7.21. The summed E-state index contributed by atoms with van der Waals surface area (Å²) in [5.41, 5.74) is 7.41. The maximum absolute atomic E-state index is 13.3. The van der Waals surface area contributed by atoms with Crippen LogP contribution in [0.15, 0.2) is 24.3 Å². The van der Waals surface area contributed by atoms with Crippen molar-refractivity contribution in [2.75, 3.05) is 5.73 Å². The molecule has 0 spiro atoms. The van der Waals surface area contributed by atoms with Crippen molar-refractivity contribution in [3.63, 3.8) is 0 Å². The molecule has 0 bridgehead atoms. The highest BCUT2D eigenvalue weighted by molar-refractivity contribution is 5.82. The number of aromatic nitrogens is 1. The van der Waals surface area contributed by atoms with Gasteiger partial charge in [0.1, 0.15) is 5.82 Å². The summed E-state index contributed by atoms with van der Waals surface area (Å²) in [5.74, 6) is -0.269. The Bertz CT molecular complexity index is 466. The van der Waals surface area contributed by atoms with Crippen LogP contribution in [0.4, 0.5) is 10.1 Å². The predicted octanol–water partition coefficient (Wildman–Crippen LogP) is 2.26. The van der Waals surface area contributed by atoms with Gasteiger partial charge in [0.05, 0.1) is 5.52 Å². The fourth-order valence-corrected chi connectivity index (χ4v) is 1.33. The quantitative estimate of drug-likeness (QED) is 0.625. The average Bonchev–Trinajstić information content (AvgIpc) is 2.06. The molecule has 1 aromatic carbocycles. The highest BCUT2D eigenvalue weighted by Gasteiger charge is 2.02. The van der Waals surface area contributed by atoms with E-state index in [1.807, 2.05) is 0 Å². The molecule has 2 nitrogen and oxygen atoms in total. The summed E-state index contributed by atoms with van der Waals surface area (Å²) in [7, 11) is 0. The van der Waals surface area contributed by atoms with E-state index in [2.05, 4.69) is 4.98 Å². The summed E-state index contributed by atoms with van der Waals surface area (Å²) in [4.78, 5) is 4.18. The van der Waals surface area contributed by atoms with Gasteiger partial charge in [0.2, 0.25) is 0 Å². The van der Waals surface area contributed by atoms with E-state index >= 15 is 0 Å². The number of rotatable bonds is 0. The number of fused-ring (bicyclic) bond motifs is 1. The minimum absolute atomic E-state index is 0.269. The topological polar surface area (TPSA) is 38.9 Å². The van der Waals surface area contributed by atoms with Gasteiger partial charge in [0, 0.05) is 16.8 Å². The third-order valence-electron chi connectivity index (χ3n) is 1.91. The van der Waals surface area contributed by atoms with Gasteiger partial charge in [0.25, 0.3) is 0 Å². The van der Waals surface area contributed by atoms with Crippen LogP contribution >= 0.6 is 0 Å². The van der Waals surface area contributed by atoms with Crippen molar-refractivity contribution in [3.8, 4) is 0 Å². The van der Waals surface area contributed by atoms with Crippen molar-refractivity contribution >= 4 is 16.6 Å². The molecule has 0 aliphatic heterocycles. The Morgan fingerprint density at radius 3 is 2.85 bits per heavy atom. The minimum atomic E-state index is -0.269. The first-order chi connectivity index (χ1) is 6.16. The van der Waals surface area contributed by atoms with E-state index in [1.54, 1.807) is 25.1 Å². The highest BCUT2D eigenvalue weighted by atomic mass is 19.1. The molecule has 0 aliphatic rings. The van der Waals surface area contributed by atoms with E-state index in [4.69, 9.17) is 5.73 Å². The maximum Gasteiger partial charge on any atom is 0.134 e. The Morgan fingerprint density at radius 2 is 2.08 bits per heavy atom. The molecule has 3 heteroatoms. The van der Waals surface area contributed by atoms with Gasteiger partial charge in [-0.15, -0.1) is 0 Å². The Balaban J connectivity index is 2.87. The van der Waals surface area contributed by atoms with E-state index in [9.17, 15) is 4.39 Å². The lowest BCUT2D eigenvalue weighted by Crippen LogP contribution is -1.90. The van der Waals surface area contributed by atoms with Crippen LogP contribution in [0.25, 0.3) is 10.9 Å². The summed E-state index contributed by atoms with van der Waals surface area (Å²) in [6.07, 6.45) is 0. The van der Waals surface area contributed by atoms with Crippen molar-refractivity contribution in [3.05, 3.63) is 35.8 Å². The first kappa shape index (κ1) is 7.98. The summed E-state index contributed by atoms with van der Waals surface area (Å²) in [6.45, 7) is 1.76. The van der Waals surface area contributed by atoms with Crippen LogP contribution in [0.5, 0.6) is 0 Å². The van der Waals surface area contributed by atoms with E-state index in [-0.39, 0.29) is 5.82 Å². The number of nitrogens with two attached hydrogens (primary N) is 1. The second-order valence-electron chi connectivity index (χ2n) is 3.02. The molecule has 66 valence electrons. The van der Waals surface area contributed by atoms with Crippen LogP contribution in [0.2, 0.25) is 0 Å². The highest BCUT2D eigenvalue weighted by Crippen LogP contribution is 2.19. The molecule has 0 aliphatic carbocycles. The second kappa shape index (κ2) is 2.69. The lowest BCUT2D eigenvalue weighted by Gasteiger charge is -2.01. The number of hydrogen-bond acceptors (Lipinski definition) is 2. The SMILES string of the molecule is Cc1cc(F)c2cc(N)ccc2n1. The van der Waals surface area contributed by atoms with Crippen LogP contribution in [0, 0.1) is 12.7 Å². The van der Waals surface area contributed by atoms with Gasteiger partial charge in [-0.2, -0.15) is 0 Å². The number of aryl methyl sites for hydroxylation is 1. The van der Waals surface area contributed by atoms with E-state index in [0.717, 1.165) is 0 Å². The van der Waals surface area contributed by atoms with Crippen molar-refractivity contribution in [2.45, 2.75) is 6.92 Å². The van der Waals surface area contributed by atoms with Crippen LogP contribution in [-0.4, -0.2) is 4.98 Å². The van der Waals surface area contributed by atoms with Crippen LogP contribution in [0.3, 0.4) is 0 Å². The summed E-state index contributed by atoms with van der Waals surface area (Å²) >= 11 is 0. The molecule has 0 radical (unpaired) electrons. The molecular formula is C10H9FN2. The fourth-order valence-electron chi connectivity index (χ4n) is 1.33. The predicted molar refractivity (Wildman–Crippen MR) is 50.9 cm³/mol. The Labute approximate surface area is 75.2 Å². The second-order valence-corrected chi connectivity index (χ2v) is 3.02. The molecule has 1 aromatic heterocycles. The number of nitrogen functional groups attached to an aromatic ring is 1. The van der Waals surface area contributed by atoms with Crippen molar-refractivity contribution in [1.82, 2.24) is 4.98 Å². The summed E-state index contributed by atoms with van der Waals surface area (Å²) in [6, 6.07) is 6.44. The first-order valence-corrected chi connectivity index (χ1v) is 3.99. The zero-order valence-corrected chi connectivity index (χ0v) is 7.21. The van der Waals surface area contributed by atoms with Gasteiger partial charge in [-0.3, -0.25) is 4.98 Å². The molecule has 2 N–H and O–H groups in total. The van der Waals surface area contributed by atoms with Gasteiger partial charge in [0.15, 0.2) is 0 Å². The maximum atomic E-state index is 13.3. The number of hydrogen-bond donors (Lipinski definition) is 1. The molecule has 0 atom stereocenters. The summed E-state index contributed by atoms with van der Waals surface area (Å²) < 4.78 is 13.3. The van der Waals surface area contributed by atoms with Crippen LogP contribution in [0.1, 0.15) is 5.69 Å². The Kier molecular flexibility index (Phi) is 1.65. The van der Waals surface area contributed by atoms with Crippen molar-refractivity contribution in [2.24, 2.45) is 0 Å². The van der Waals surface area contributed by atoms with Gasteiger partial charge >= 0.3 is 0 Å². The standard InChI is InChI=1S/C10H9FN2/c1-6-4-9(11)8-5-7(12)2-3-10(8)13-6/h2-5H,12H2,1H3. The Morgan fingerprint density at radius 1 is 1.31 bits per heavy atom. The normalized spacial score (nSPS) is 10.6. The smallest absolute Gasteiger partial charge is 0.134 e. The summed E-state index contributed by atoms with van der Waals surface area (Å²) in [5, 5.41) is 0.477. The molecule has 1 heterocycles. The lowest BCUT2D eigenvalue weighted by molar-refractivity contribution is 0.637. The zero-order chi connectivity index (χ0) is 9.42. The van der Waals surface area contributed by atoms with Gasteiger partial charge in [-0.1, -0.05) is 0 Å². The molecular weight excluding hydrogens is 167 g/mol. The average molecular weight is 176 g/mol. The largest absolute Gasteiger partial charge is 0.399 e. The fraction of sp³-hybridized carbons (Fsp3) is 0.100. The number of benzene rings is 1. The number of halogens is 1. The number of anilines is 1. The third kappa shape index (κ3) is 1.33. The minimum Gasteiger partial charge on any atom is -0.399 e. The molecule has 13 heavy (non-hydrogen) atoms. The third-order valence-corrected chi connectivity index (χ3v) is 1.91. The van der Waals surface area contributed by atoms with Gasteiger partial charge in [-0.25, -0.2) is 4.39 Å². The van der Waals surface area contributed by atoms with Gasteiger partial charge < -0.3 is 5.73 Å². The molecule has 0 saturated carbocycles. The molecule has 0 fully saturated rings. The van der Waals surface area contributed by atoms with Crippen LogP contribution in [-0.2, 0) is 0 Å². The van der Waals surface area contributed by atoms with E-state index in [1.165, 1.54) is 6.07 Å². The number of pyridine rings is 1.